The largest absolute Gasteiger partial charge is 0.384 e. The van der Waals surface area contributed by atoms with E-state index in [1.807, 2.05) is 11.6 Å². The molecule has 0 aliphatic carbocycles. The van der Waals surface area contributed by atoms with Crippen molar-refractivity contribution < 1.29 is 0 Å². The number of hydrogen-bond acceptors (Lipinski definition) is 2. The number of rotatable bonds is 2. The van der Waals surface area contributed by atoms with E-state index in [2.05, 4.69) is 25.9 Å². The quantitative estimate of drug-likeness (QED) is 0.553. The summed E-state index contributed by atoms with van der Waals surface area (Å²) in [4.78, 5) is 0. The highest BCUT2D eigenvalue weighted by Crippen LogP contribution is 2.25. The van der Waals surface area contributed by atoms with Crippen molar-refractivity contribution in [3.63, 3.8) is 0 Å². The van der Waals surface area contributed by atoms with Gasteiger partial charge < -0.3 is 5.73 Å². The third-order valence-electron chi connectivity index (χ3n) is 2.14. The van der Waals surface area contributed by atoms with Crippen molar-refractivity contribution in [1.82, 2.24) is 9.78 Å². The second-order valence-electron chi connectivity index (χ2n) is 4.39. The van der Waals surface area contributed by atoms with Gasteiger partial charge in [0.15, 0.2) is 0 Å². The van der Waals surface area contributed by atoms with Crippen LogP contribution in [0.25, 0.3) is 0 Å². The maximum absolute atomic E-state index is 7.47. The summed E-state index contributed by atoms with van der Waals surface area (Å²) < 4.78 is 1.90. The Hall–Kier alpha value is -1.32. The van der Waals surface area contributed by atoms with E-state index >= 15 is 0 Å². The lowest BCUT2D eigenvalue weighted by Crippen LogP contribution is -2.23. The monoisotopic (exact) mass is 194 g/mol. The second-order valence-corrected chi connectivity index (χ2v) is 4.39. The average Bonchev–Trinajstić information content (AvgIpc) is 2.45. The molecule has 4 heteroatoms. The Kier molecular flexibility index (Phi) is 2.64. The predicted molar refractivity (Wildman–Crippen MR) is 57.6 cm³/mol. The first-order chi connectivity index (χ1) is 6.38. The summed E-state index contributed by atoms with van der Waals surface area (Å²) in [6.45, 7) is 9.14. The summed E-state index contributed by atoms with van der Waals surface area (Å²) in [5.74, 6) is 0.0922. The fourth-order valence-corrected chi connectivity index (χ4v) is 1.61. The molecule has 0 fully saturated rings. The molecular weight excluding hydrogens is 176 g/mol. The predicted octanol–water partition coefficient (Wildman–Crippen LogP) is 1.48. The van der Waals surface area contributed by atoms with E-state index in [9.17, 15) is 0 Å². The van der Waals surface area contributed by atoms with Gasteiger partial charge in [0.25, 0.3) is 0 Å². The average molecular weight is 194 g/mol. The summed E-state index contributed by atoms with van der Waals surface area (Å²) in [6, 6.07) is 0. The van der Waals surface area contributed by atoms with Crippen LogP contribution >= 0.6 is 0 Å². The molecule has 0 saturated carbocycles. The number of hydrogen-bond donors (Lipinski definition) is 2. The van der Waals surface area contributed by atoms with Gasteiger partial charge in [-0.15, -0.1) is 0 Å². The van der Waals surface area contributed by atoms with Gasteiger partial charge >= 0.3 is 0 Å². The van der Waals surface area contributed by atoms with Gasteiger partial charge in [0, 0.05) is 12.0 Å². The number of aryl methyl sites for hydroxylation is 1. The Balaban J connectivity index is 3.34. The molecule has 0 atom stereocenters. The van der Waals surface area contributed by atoms with Crippen molar-refractivity contribution in [2.24, 2.45) is 5.73 Å². The zero-order chi connectivity index (χ0) is 10.9. The first-order valence-electron chi connectivity index (χ1n) is 4.78. The Morgan fingerprint density at radius 2 is 2.14 bits per heavy atom. The maximum atomic E-state index is 7.47. The molecule has 3 N–H and O–H groups in total. The number of nitrogens with one attached hydrogen (secondary N) is 1. The molecule has 0 aromatic carbocycles. The van der Waals surface area contributed by atoms with Crippen molar-refractivity contribution in [3.8, 4) is 0 Å². The van der Waals surface area contributed by atoms with Crippen molar-refractivity contribution in [3.05, 3.63) is 17.5 Å². The van der Waals surface area contributed by atoms with Crippen LogP contribution in [-0.4, -0.2) is 15.6 Å². The molecule has 1 aromatic heterocycles. The molecule has 4 nitrogen and oxygen atoms in total. The van der Waals surface area contributed by atoms with Crippen LogP contribution in [0.2, 0.25) is 0 Å². The molecule has 0 amide bonds. The first-order valence-corrected chi connectivity index (χ1v) is 4.78. The van der Waals surface area contributed by atoms with Gasteiger partial charge in [-0.2, -0.15) is 5.10 Å². The summed E-state index contributed by atoms with van der Waals surface area (Å²) in [6.07, 6.45) is 1.67. The van der Waals surface area contributed by atoms with E-state index in [0.29, 0.717) is 0 Å². The Labute approximate surface area is 84.6 Å². The maximum Gasteiger partial charge on any atom is 0.126 e. The first kappa shape index (κ1) is 10.8. The third-order valence-corrected chi connectivity index (χ3v) is 2.14. The molecule has 0 spiro atoms. The van der Waals surface area contributed by atoms with Crippen LogP contribution in [0.1, 0.15) is 39.0 Å². The van der Waals surface area contributed by atoms with Crippen LogP contribution in [0.15, 0.2) is 6.20 Å². The normalized spacial score (nSPS) is 11.7. The molecule has 1 aromatic rings. The molecule has 1 rings (SSSR count). The highest BCUT2D eigenvalue weighted by Gasteiger charge is 2.24. The lowest BCUT2D eigenvalue weighted by molar-refractivity contribution is 0.497. The van der Waals surface area contributed by atoms with Crippen molar-refractivity contribution in [2.75, 3.05) is 0 Å². The standard InChI is InChI=1S/C10H18N4/c1-5-14-8(10(2,3)4)7(6-13-14)9(11)12/h6H,5H2,1-4H3,(H3,11,12). The van der Waals surface area contributed by atoms with E-state index < -0.39 is 0 Å². The molecule has 0 radical (unpaired) electrons. The SMILES string of the molecule is CCn1ncc(C(=N)N)c1C(C)(C)C. The Morgan fingerprint density at radius 1 is 1.57 bits per heavy atom. The molecule has 0 unspecified atom stereocenters. The van der Waals surface area contributed by atoms with Gasteiger partial charge in [0.1, 0.15) is 5.84 Å². The Bertz CT molecular complexity index is 343. The number of aromatic nitrogens is 2. The van der Waals surface area contributed by atoms with Crippen LogP contribution < -0.4 is 5.73 Å². The van der Waals surface area contributed by atoms with Crippen molar-refractivity contribution in [2.45, 2.75) is 39.7 Å². The fraction of sp³-hybridized carbons (Fsp3) is 0.600. The summed E-state index contributed by atoms with van der Waals surface area (Å²) in [5, 5.41) is 11.7. The minimum absolute atomic E-state index is 0.0342. The van der Waals surface area contributed by atoms with Crippen molar-refractivity contribution >= 4 is 5.84 Å². The fourth-order valence-electron chi connectivity index (χ4n) is 1.61. The van der Waals surface area contributed by atoms with Crippen LogP contribution in [0, 0.1) is 5.41 Å². The zero-order valence-electron chi connectivity index (χ0n) is 9.26. The van der Waals surface area contributed by atoms with Crippen LogP contribution in [0.3, 0.4) is 0 Å². The molecule has 0 saturated heterocycles. The minimum Gasteiger partial charge on any atom is -0.384 e. The van der Waals surface area contributed by atoms with Crippen LogP contribution in [0.5, 0.6) is 0 Å². The van der Waals surface area contributed by atoms with E-state index in [4.69, 9.17) is 11.1 Å². The van der Waals surface area contributed by atoms with E-state index in [1.54, 1.807) is 6.20 Å². The van der Waals surface area contributed by atoms with Gasteiger partial charge in [-0.3, -0.25) is 10.1 Å². The van der Waals surface area contributed by atoms with E-state index in [0.717, 1.165) is 17.8 Å². The molecule has 14 heavy (non-hydrogen) atoms. The second kappa shape index (κ2) is 3.44. The molecule has 0 bridgehead atoms. The molecule has 0 aliphatic rings. The topological polar surface area (TPSA) is 67.7 Å². The number of nitrogen functional groups attached to an aromatic ring is 1. The zero-order valence-corrected chi connectivity index (χ0v) is 9.26. The lowest BCUT2D eigenvalue weighted by atomic mass is 9.89. The number of amidine groups is 1. The van der Waals surface area contributed by atoms with E-state index in [-0.39, 0.29) is 11.3 Å². The lowest BCUT2D eigenvalue weighted by Gasteiger charge is -2.21. The van der Waals surface area contributed by atoms with Gasteiger partial charge in [-0.1, -0.05) is 20.8 Å². The van der Waals surface area contributed by atoms with Crippen LogP contribution in [0.4, 0.5) is 0 Å². The summed E-state index contributed by atoms with van der Waals surface area (Å²) in [7, 11) is 0. The molecular formula is C10H18N4. The summed E-state index contributed by atoms with van der Waals surface area (Å²) >= 11 is 0. The Morgan fingerprint density at radius 3 is 2.50 bits per heavy atom. The molecule has 78 valence electrons. The molecule has 0 aliphatic heterocycles. The van der Waals surface area contributed by atoms with Crippen molar-refractivity contribution in [1.29, 1.82) is 5.41 Å². The smallest absolute Gasteiger partial charge is 0.126 e. The van der Waals surface area contributed by atoms with E-state index in [1.165, 1.54) is 0 Å². The third kappa shape index (κ3) is 1.78. The van der Waals surface area contributed by atoms with Gasteiger partial charge in [-0.05, 0) is 6.92 Å². The summed E-state index contributed by atoms with van der Waals surface area (Å²) in [5.41, 5.74) is 7.26. The van der Waals surface area contributed by atoms with Gasteiger partial charge in [0.2, 0.25) is 0 Å². The minimum atomic E-state index is -0.0342. The highest BCUT2D eigenvalue weighted by molar-refractivity contribution is 5.96. The number of nitrogens with two attached hydrogens (primary N) is 1. The van der Waals surface area contributed by atoms with Crippen LogP contribution in [-0.2, 0) is 12.0 Å². The highest BCUT2D eigenvalue weighted by atomic mass is 15.3. The number of nitrogens with zero attached hydrogens (tertiary/aromatic N) is 2. The van der Waals surface area contributed by atoms with Gasteiger partial charge in [0.05, 0.1) is 17.5 Å². The molecule has 1 heterocycles. The van der Waals surface area contributed by atoms with Gasteiger partial charge in [-0.25, -0.2) is 0 Å².